The first-order valence-corrected chi connectivity index (χ1v) is 11.9. The highest BCUT2D eigenvalue weighted by atomic mass is 19.1. The molecule has 2 unspecified atom stereocenters. The van der Waals surface area contributed by atoms with E-state index < -0.39 is 35.8 Å². The Balaban J connectivity index is 1.67. The molecule has 4 heterocycles. The molecule has 3 atom stereocenters. The summed E-state index contributed by atoms with van der Waals surface area (Å²) in [5.74, 6) is -1.21. The summed E-state index contributed by atoms with van der Waals surface area (Å²) in [5, 5.41) is 34.7. The van der Waals surface area contributed by atoms with E-state index in [2.05, 4.69) is 5.32 Å². The molecule has 4 N–H and O–H groups in total. The Kier molecular flexibility index (Phi) is 4.79. The number of nitrogens with one attached hydrogen (secondary N) is 1. The zero-order valence-electron chi connectivity index (χ0n) is 20.1. The van der Waals surface area contributed by atoms with Crippen LogP contribution < -0.4 is 10.9 Å². The molecule has 6 rings (SSSR count). The Morgan fingerprint density at radius 1 is 1.28 bits per heavy atom. The summed E-state index contributed by atoms with van der Waals surface area (Å²) in [6.45, 7) is 4.65. The fraction of sp³-hybridized carbons (Fsp3) is 0.423. The number of hydrogen-bond donors (Lipinski definition) is 4. The van der Waals surface area contributed by atoms with Gasteiger partial charge in [-0.05, 0) is 49.4 Å². The van der Waals surface area contributed by atoms with Crippen molar-refractivity contribution in [1.29, 1.82) is 0 Å². The smallest absolute Gasteiger partial charge is 0.343 e. The lowest BCUT2D eigenvalue weighted by molar-refractivity contribution is -0.172. The summed E-state index contributed by atoms with van der Waals surface area (Å²) >= 11 is 0. The van der Waals surface area contributed by atoms with Crippen molar-refractivity contribution in [3.8, 4) is 11.4 Å². The molecule has 188 valence electrons. The molecule has 0 saturated heterocycles. The molecule has 0 radical (unpaired) electrons. The van der Waals surface area contributed by atoms with Crippen molar-refractivity contribution in [2.45, 2.75) is 64.1 Å². The Labute approximate surface area is 205 Å². The molecular formula is C26H26FN3O6. The van der Waals surface area contributed by atoms with E-state index in [0.29, 0.717) is 28.9 Å². The lowest BCUT2D eigenvalue weighted by Gasteiger charge is -2.31. The fourth-order valence-corrected chi connectivity index (χ4v) is 6.20. The van der Waals surface area contributed by atoms with Crippen molar-refractivity contribution in [2.24, 2.45) is 0 Å². The van der Waals surface area contributed by atoms with Gasteiger partial charge >= 0.3 is 5.97 Å². The van der Waals surface area contributed by atoms with Crippen LogP contribution in [0.1, 0.15) is 53.6 Å². The third-order valence-electron chi connectivity index (χ3n) is 8.04. The van der Waals surface area contributed by atoms with Gasteiger partial charge in [0.2, 0.25) is 0 Å². The molecule has 1 aromatic carbocycles. The number of cyclic esters (lactones) is 1. The quantitative estimate of drug-likeness (QED) is 0.245. The average Bonchev–Trinajstić information content (AvgIpc) is 3.36. The molecule has 10 heteroatoms. The maximum atomic E-state index is 14.9. The summed E-state index contributed by atoms with van der Waals surface area (Å²) in [6.07, 6.45) is -0.827. The second-order valence-corrected chi connectivity index (χ2v) is 10.1. The second kappa shape index (κ2) is 7.42. The van der Waals surface area contributed by atoms with Crippen LogP contribution >= 0.6 is 0 Å². The fourth-order valence-electron chi connectivity index (χ4n) is 6.20. The van der Waals surface area contributed by atoms with Crippen molar-refractivity contribution in [3.05, 3.63) is 61.7 Å². The van der Waals surface area contributed by atoms with Crippen LogP contribution in [0.5, 0.6) is 0 Å². The average molecular weight is 496 g/mol. The van der Waals surface area contributed by atoms with E-state index >= 15 is 0 Å². The molecule has 1 aliphatic carbocycles. The number of hydrogen-bond acceptors (Lipinski definition) is 8. The van der Waals surface area contributed by atoms with Gasteiger partial charge in [-0.15, -0.1) is 0 Å². The number of halogens is 1. The molecule has 9 nitrogen and oxygen atoms in total. The van der Waals surface area contributed by atoms with Crippen LogP contribution in [0.25, 0.3) is 22.3 Å². The van der Waals surface area contributed by atoms with E-state index in [-0.39, 0.29) is 36.3 Å². The molecule has 0 spiro atoms. The highest BCUT2D eigenvalue weighted by Gasteiger charge is 2.47. The van der Waals surface area contributed by atoms with Crippen molar-refractivity contribution in [3.63, 3.8) is 0 Å². The van der Waals surface area contributed by atoms with Crippen LogP contribution in [-0.4, -0.2) is 43.7 Å². The molecule has 0 saturated carbocycles. The maximum absolute atomic E-state index is 14.9. The Morgan fingerprint density at radius 2 is 2.03 bits per heavy atom. The number of nitrogens with zero attached hydrogens (tertiary/aromatic N) is 2. The molecule has 3 aliphatic rings. The molecule has 0 bridgehead atoms. The number of aliphatic hydroxyl groups is 3. The van der Waals surface area contributed by atoms with Crippen LogP contribution in [-0.2, 0) is 40.2 Å². The maximum Gasteiger partial charge on any atom is 0.343 e. The van der Waals surface area contributed by atoms with E-state index in [4.69, 9.17) is 9.72 Å². The van der Waals surface area contributed by atoms with Gasteiger partial charge in [-0.3, -0.25) is 10.1 Å². The number of fused-ring (bicyclic) bond motifs is 5. The van der Waals surface area contributed by atoms with Crippen LogP contribution in [0.3, 0.4) is 0 Å². The summed E-state index contributed by atoms with van der Waals surface area (Å²) in [5.41, 5.74) is 1.28. The minimum Gasteiger partial charge on any atom is -0.458 e. The zero-order valence-corrected chi connectivity index (χ0v) is 20.1. The third kappa shape index (κ3) is 2.81. The summed E-state index contributed by atoms with van der Waals surface area (Å²) in [7, 11) is 0. The Morgan fingerprint density at radius 3 is 2.72 bits per heavy atom. The summed E-state index contributed by atoms with van der Waals surface area (Å²) < 4.78 is 21.6. The van der Waals surface area contributed by atoms with E-state index in [9.17, 15) is 29.3 Å². The molecule has 2 aliphatic heterocycles. The van der Waals surface area contributed by atoms with Gasteiger partial charge in [-0.1, -0.05) is 6.92 Å². The predicted octanol–water partition coefficient (Wildman–Crippen LogP) is 1.20. The summed E-state index contributed by atoms with van der Waals surface area (Å²) in [4.78, 5) is 30.8. The number of aromatic nitrogens is 2. The highest BCUT2D eigenvalue weighted by molar-refractivity contribution is 5.95. The first-order chi connectivity index (χ1) is 17.0. The number of pyridine rings is 2. The van der Waals surface area contributed by atoms with Gasteiger partial charge < -0.3 is 24.6 Å². The standard InChI is InChI=1S/C26H26FN3O6/c1-4-26(35)15-5-18-22-13(8-30(18)23(33)14(15)10-36-24(26)34)21-20-12(7-25(21,3)29-19(32)9-31)11(2)16(27)6-17(20)28-22/h5-6,19,29,31-32,35H,4,7-10H2,1-3H3/t19?,25?,26-/m0/s1. The second-order valence-electron chi connectivity index (χ2n) is 10.1. The minimum atomic E-state index is -1.95. The van der Waals surface area contributed by atoms with Gasteiger partial charge in [0.15, 0.2) is 5.60 Å². The number of ether oxygens (including phenoxy) is 1. The van der Waals surface area contributed by atoms with Gasteiger partial charge in [0.25, 0.3) is 5.56 Å². The van der Waals surface area contributed by atoms with Crippen LogP contribution in [0.4, 0.5) is 4.39 Å². The monoisotopic (exact) mass is 495 g/mol. The predicted molar refractivity (Wildman–Crippen MR) is 127 cm³/mol. The minimum absolute atomic E-state index is 0.0276. The van der Waals surface area contributed by atoms with Crippen molar-refractivity contribution >= 4 is 16.9 Å². The zero-order chi connectivity index (χ0) is 25.7. The lowest BCUT2D eigenvalue weighted by Crippen LogP contribution is -2.47. The third-order valence-corrected chi connectivity index (χ3v) is 8.04. The Hall–Kier alpha value is -3.18. The lowest BCUT2D eigenvalue weighted by atomic mass is 9.85. The number of carbonyl (C=O) groups is 1. The largest absolute Gasteiger partial charge is 0.458 e. The van der Waals surface area contributed by atoms with Crippen molar-refractivity contribution in [2.75, 3.05) is 6.61 Å². The SMILES string of the molecule is CC[C@@]1(O)C(=O)OCc2c1cc1n(c2=O)Cc2c-1nc1cc(F)c(C)c3c1c2C(C)(NC(O)CO)C3. The van der Waals surface area contributed by atoms with E-state index in [1.165, 1.54) is 10.6 Å². The number of carbonyl (C=O) groups excluding carboxylic acids is 1. The molecule has 3 aromatic rings. The molecular weight excluding hydrogens is 469 g/mol. The first-order valence-electron chi connectivity index (χ1n) is 11.9. The molecule has 0 amide bonds. The van der Waals surface area contributed by atoms with E-state index in [1.54, 1.807) is 19.9 Å². The van der Waals surface area contributed by atoms with Gasteiger partial charge in [0.05, 0.1) is 35.6 Å². The van der Waals surface area contributed by atoms with Crippen molar-refractivity contribution in [1.82, 2.24) is 14.9 Å². The van der Waals surface area contributed by atoms with Crippen LogP contribution in [0.2, 0.25) is 0 Å². The van der Waals surface area contributed by atoms with Gasteiger partial charge in [-0.25, -0.2) is 14.2 Å². The van der Waals surface area contributed by atoms with Crippen molar-refractivity contribution < 1.29 is 29.2 Å². The van der Waals surface area contributed by atoms with Gasteiger partial charge in [0, 0.05) is 28.1 Å². The van der Waals surface area contributed by atoms with Crippen LogP contribution in [0, 0.1) is 12.7 Å². The molecule has 36 heavy (non-hydrogen) atoms. The topological polar surface area (TPSA) is 134 Å². The molecule has 2 aromatic heterocycles. The number of rotatable bonds is 4. The van der Waals surface area contributed by atoms with Gasteiger partial charge in [-0.2, -0.15) is 0 Å². The normalized spacial score (nSPS) is 24.5. The highest BCUT2D eigenvalue weighted by Crippen LogP contribution is 2.49. The summed E-state index contributed by atoms with van der Waals surface area (Å²) in [6, 6.07) is 2.98. The number of esters is 1. The first kappa shape index (κ1) is 23.2. The van der Waals surface area contributed by atoms with E-state index in [1.807, 2.05) is 6.92 Å². The van der Waals surface area contributed by atoms with Gasteiger partial charge in [0.1, 0.15) is 18.7 Å². The van der Waals surface area contributed by atoms with E-state index in [0.717, 1.165) is 22.1 Å². The molecule has 0 fully saturated rings. The van der Waals surface area contributed by atoms with Crippen LogP contribution in [0.15, 0.2) is 16.9 Å². The number of benzene rings is 1. The Bertz CT molecular complexity index is 1570. The number of aliphatic hydroxyl groups excluding tert-OH is 2.